The van der Waals surface area contributed by atoms with Crippen LogP contribution in [0.2, 0.25) is 0 Å². The zero-order chi connectivity index (χ0) is 16.2. The van der Waals surface area contributed by atoms with Crippen LogP contribution in [-0.2, 0) is 11.2 Å². The molecule has 0 aliphatic carbocycles. The van der Waals surface area contributed by atoms with Crippen LogP contribution in [0.4, 0.5) is 11.4 Å². The largest absolute Gasteiger partial charge is 0.398 e. The van der Waals surface area contributed by atoms with Gasteiger partial charge in [-0.2, -0.15) is 0 Å². The third-order valence-electron chi connectivity index (χ3n) is 4.39. The normalized spacial score (nSPS) is 14.3. The van der Waals surface area contributed by atoms with Crippen molar-refractivity contribution in [2.24, 2.45) is 0 Å². The van der Waals surface area contributed by atoms with Gasteiger partial charge in [-0.15, -0.1) is 12.4 Å². The predicted octanol–water partition coefficient (Wildman–Crippen LogP) is 3.32. The van der Waals surface area contributed by atoms with Crippen LogP contribution in [0, 0.1) is 0 Å². The Bertz CT molecular complexity index is 690. The molecular formula is C19H24ClN3O. The van der Waals surface area contributed by atoms with Gasteiger partial charge in [0.05, 0.1) is 12.6 Å². The molecule has 3 rings (SSSR count). The molecule has 0 spiro atoms. The van der Waals surface area contributed by atoms with Crippen molar-refractivity contribution in [1.82, 2.24) is 5.32 Å². The minimum atomic E-state index is 0. The molecule has 1 aliphatic heterocycles. The summed E-state index contributed by atoms with van der Waals surface area (Å²) in [6.45, 7) is 3.27. The number of nitrogens with zero attached hydrogens (tertiary/aromatic N) is 1. The Labute approximate surface area is 149 Å². The van der Waals surface area contributed by atoms with Gasteiger partial charge in [0.15, 0.2) is 0 Å². The molecule has 3 N–H and O–H groups in total. The molecule has 2 aromatic carbocycles. The second-order valence-corrected chi connectivity index (χ2v) is 6.07. The average Bonchev–Trinajstić information content (AvgIpc) is 2.56. The molecule has 1 unspecified atom stereocenters. The van der Waals surface area contributed by atoms with Crippen molar-refractivity contribution >= 4 is 29.7 Å². The maximum absolute atomic E-state index is 12.4. The van der Waals surface area contributed by atoms with E-state index in [4.69, 9.17) is 5.73 Å². The minimum Gasteiger partial charge on any atom is -0.398 e. The SMILES string of the molecule is CC(NC(=O)CN1CCCc2c(N)cccc21)c1ccccc1.Cl. The zero-order valence-corrected chi connectivity index (χ0v) is 14.7. The van der Waals surface area contributed by atoms with E-state index >= 15 is 0 Å². The molecule has 0 fully saturated rings. The lowest BCUT2D eigenvalue weighted by molar-refractivity contribution is -0.120. The van der Waals surface area contributed by atoms with E-state index in [0.29, 0.717) is 6.54 Å². The third-order valence-corrected chi connectivity index (χ3v) is 4.39. The topological polar surface area (TPSA) is 58.4 Å². The second kappa shape index (κ2) is 8.06. The summed E-state index contributed by atoms with van der Waals surface area (Å²) >= 11 is 0. The van der Waals surface area contributed by atoms with Crippen molar-refractivity contribution in [2.75, 3.05) is 23.7 Å². The first-order valence-electron chi connectivity index (χ1n) is 8.12. The van der Waals surface area contributed by atoms with E-state index in [1.807, 2.05) is 49.4 Å². The molecule has 1 heterocycles. The summed E-state index contributed by atoms with van der Waals surface area (Å²) in [5, 5.41) is 3.08. The fourth-order valence-electron chi connectivity index (χ4n) is 3.18. The summed E-state index contributed by atoms with van der Waals surface area (Å²) < 4.78 is 0. The molecule has 1 aliphatic rings. The number of hydrogen-bond donors (Lipinski definition) is 2. The summed E-state index contributed by atoms with van der Waals surface area (Å²) in [5.41, 5.74) is 10.3. The van der Waals surface area contributed by atoms with Crippen molar-refractivity contribution < 1.29 is 4.79 Å². The summed E-state index contributed by atoms with van der Waals surface area (Å²) in [4.78, 5) is 14.5. The van der Waals surface area contributed by atoms with Crippen molar-refractivity contribution in [2.45, 2.75) is 25.8 Å². The number of nitrogens with two attached hydrogens (primary N) is 1. The molecule has 0 saturated carbocycles. The predicted molar refractivity (Wildman–Crippen MR) is 102 cm³/mol. The molecule has 1 atom stereocenters. The minimum absolute atomic E-state index is 0. The molecule has 128 valence electrons. The Kier molecular flexibility index (Phi) is 6.10. The fraction of sp³-hybridized carbons (Fsp3) is 0.316. The van der Waals surface area contributed by atoms with E-state index in [9.17, 15) is 4.79 Å². The highest BCUT2D eigenvalue weighted by Crippen LogP contribution is 2.30. The Morgan fingerprint density at radius 1 is 1.21 bits per heavy atom. The van der Waals surface area contributed by atoms with Crippen LogP contribution in [0.3, 0.4) is 0 Å². The number of carbonyl (C=O) groups excluding carboxylic acids is 1. The van der Waals surface area contributed by atoms with E-state index in [2.05, 4.69) is 16.3 Å². The number of carbonyl (C=O) groups is 1. The molecule has 24 heavy (non-hydrogen) atoms. The van der Waals surface area contributed by atoms with Gasteiger partial charge < -0.3 is 16.0 Å². The number of fused-ring (bicyclic) bond motifs is 1. The molecule has 0 aromatic heterocycles. The maximum atomic E-state index is 12.4. The Morgan fingerprint density at radius 2 is 1.96 bits per heavy atom. The molecule has 5 heteroatoms. The Balaban J connectivity index is 0.00000208. The lowest BCUT2D eigenvalue weighted by Crippen LogP contribution is -2.40. The summed E-state index contributed by atoms with van der Waals surface area (Å²) in [6, 6.07) is 16.0. The number of anilines is 2. The number of benzene rings is 2. The molecule has 0 saturated heterocycles. The highest BCUT2D eigenvalue weighted by Gasteiger charge is 2.21. The van der Waals surface area contributed by atoms with Crippen molar-refractivity contribution in [3.05, 3.63) is 59.7 Å². The van der Waals surface area contributed by atoms with Crippen LogP contribution < -0.4 is 16.0 Å². The van der Waals surface area contributed by atoms with Gasteiger partial charge in [-0.25, -0.2) is 0 Å². The first-order chi connectivity index (χ1) is 11.1. The molecule has 0 bridgehead atoms. The van der Waals surface area contributed by atoms with Gasteiger partial charge in [0.2, 0.25) is 5.91 Å². The second-order valence-electron chi connectivity index (χ2n) is 6.07. The fourth-order valence-corrected chi connectivity index (χ4v) is 3.18. The number of nitrogens with one attached hydrogen (secondary N) is 1. The Hall–Kier alpha value is -2.20. The maximum Gasteiger partial charge on any atom is 0.239 e. The number of hydrogen-bond acceptors (Lipinski definition) is 3. The van der Waals surface area contributed by atoms with Gasteiger partial charge in [-0.1, -0.05) is 36.4 Å². The van der Waals surface area contributed by atoms with Gasteiger partial charge >= 0.3 is 0 Å². The molecule has 0 radical (unpaired) electrons. The van der Waals surface area contributed by atoms with E-state index < -0.39 is 0 Å². The van der Waals surface area contributed by atoms with Crippen LogP contribution in [-0.4, -0.2) is 19.0 Å². The van der Waals surface area contributed by atoms with Crippen LogP contribution in [0.5, 0.6) is 0 Å². The zero-order valence-electron chi connectivity index (χ0n) is 13.9. The molecule has 2 aromatic rings. The van der Waals surface area contributed by atoms with Crippen LogP contribution in [0.15, 0.2) is 48.5 Å². The number of rotatable bonds is 4. The highest BCUT2D eigenvalue weighted by atomic mass is 35.5. The van der Waals surface area contributed by atoms with Gasteiger partial charge in [0.25, 0.3) is 0 Å². The smallest absolute Gasteiger partial charge is 0.239 e. The number of halogens is 1. The molecular weight excluding hydrogens is 322 g/mol. The van der Waals surface area contributed by atoms with E-state index in [1.165, 1.54) is 5.56 Å². The number of nitrogen functional groups attached to an aromatic ring is 1. The van der Waals surface area contributed by atoms with Gasteiger partial charge in [0, 0.05) is 17.9 Å². The summed E-state index contributed by atoms with van der Waals surface area (Å²) in [6.07, 6.45) is 2.02. The Morgan fingerprint density at radius 3 is 2.71 bits per heavy atom. The average molecular weight is 346 g/mol. The van der Waals surface area contributed by atoms with Gasteiger partial charge in [-0.05, 0) is 43.0 Å². The number of amides is 1. The lowest BCUT2D eigenvalue weighted by Gasteiger charge is -2.31. The van der Waals surface area contributed by atoms with Gasteiger partial charge in [0.1, 0.15) is 0 Å². The standard InChI is InChI=1S/C19H23N3O.ClH/c1-14(15-7-3-2-4-8-15)21-19(23)13-22-12-6-9-16-17(20)10-5-11-18(16)22;/h2-5,7-8,10-11,14H,6,9,12-13,20H2,1H3,(H,21,23);1H. The highest BCUT2D eigenvalue weighted by molar-refractivity contribution is 5.85. The lowest BCUT2D eigenvalue weighted by atomic mass is 10.00. The summed E-state index contributed by atoms with van der Waals surface area (Å²) in [5.74, 6) is 0.0385. The van der Waals surface area contributed by atoms with Crippen molar-refractivity contribution in [3.8, 4) is 0 Å². The van der Waals surface area contributed by atoms with Crippen molar-refractivity contribution in [3.63, 3.8) is 0 Å². The van der Waals surface area contributed by atoms with Crippen LogP contribution >= 0.6 is 12.4 Å². The van der Waals surface area contributed by atoms with E-state index in [-0.39, 0.29) is 24.4 Å². The van der Waals surface area contributed by atoms with Crippen LogP contribution in [0.25, 0.3) is 0 Å². The molecule has 1 amide bonds. The molecule has 4 nitrogen and oxygen atoms in total. The first kappa shape index (κ1) is 18.1. The van der Waals surface area contributed by atoms with Crippen LogP contribution in [0.1, 0.15) is 30.5 Å². The van der Waals surface area contributed by atoms with E-state index in [0.717, 1.165) is 36.3 Å². The third kappa shape index (κ3) is 4.01. The quantitative estimate of drug-likeness (QED) is 0.836. The monoisotopic (exact) mass is 345 g/mol. The summed E-state index contributed by atoms with van der Waals surface area (Å²) in [7, 11) is 0. The van der Waals surface area contributed by atoms with Crippen molar-refractivity contribution in [1.29, 1.82) is 0 Å². The first-order valence-corrected chi connectivity index (χ1v) is 8.12. The van der Waals surface area contributed by atoms with E-state index in [1.54, 1.807) is 0 Å². The van der Waals surface area contributed by atoms with Gasteiger partial charge in [-0.3, -0.25) is 4.79 Å².